The Hall–Kier alpha value is -5.07. The van der Waals surface area contributed by atoms with Crippen molar-refractivity contribution >= 4 is 29.5 Å². The van der Waals surface area contributed by atoms with E-state index in [-0.39, 0.29) is 12.2 Å². The lowest BCUT2D eigenvalue weighted by atomic mass is 9.93. The number of carbonyl (C=O) groups is 5. The first-order valence-corrected chi connectivity index (χ1v) is 33.0. The van der Waals surface area contributed by atoms with Crippen LogP contribution in [0.4, 0.5) is 0 Å². The number of carbonyl (C=O) groups excluding carboxylic acids is 5. The van der Waals surface area contributed by atoms with Crippen molar-refractivity contribution in [2.24, 2.45) is 0 Å². The SMILES string of the molecule is CCCCCCC#CCCCOc1cccc(C(=O)N[C@@H]2C(O[C@@H]3C(CO)O[C@@H](OC4C(CO)O[C@@H](O[C@@H]5C(CO)OC(OC6C(CO[C@@H]7OC(C)C(O)[C@H](O)[C@H]7OC)O[C@@H](O)[C@@H](NC(C)=O)[C@H]6O)C(NC(C)=O)C5O)[C@@H](NC(C)=O)[C@H]4O)C(NC(C)=O)C3O)OC(CO)[C@@H](O)[C@@H]2O)c1. The van der Waals surface area contributed by atoms with Crippen LogP contribution in [0.2, 0.25) is 0 Å². The number of aliphatic hydroxyl groups excluding tert-OH is 13. The van der Waals surface area contributed by atoms with E-state index in [0.29, 0.717) is 18.6 Å². The molecule has 99 heavy (non-hydrogen) atoms. The summed E-state index contributed by atoms with van der Waals surface area (Å²) in [7, 11) is 1.21. The van der Waals surface area contributed by atoms with Crippen LogP contribution in [0, 0.1) is 11.8 Å². The highest BCUT2D eigenvalue weighted by Crippen LogP contribution is 2.37. The van der Waals surface area contributed by atoms with E-state index in [1.807, 2.05) is 0 Å². The molecule has 36 heteroatoms. The van der Waals surface area contributed by atoms with Gasteiger partial charge in [0.15, 0.2) is 37.7 Å². The second kappa shape index (κ2) is 38.4. The zero-order valence-corrected chi connectivity index (χ0v) is 56.0. The molecule has 0 spiro atoms. The van der Waals surface area contributed by atoms with E-state index in [1.165, 1.54) is 26.2 Å². The van der Waals surface area contributed by atoms with Crippen molar-refractivity contribution in [2.45, 2.75) is 270 Å². The summed E-state index contributed by atoms with van der Waals surface area (Å²) in [5, 5.41) is 158. The normalized spacial score (nSPS) is 39.4. The van der Waals surface area contributed by atoms with Crippen molar-refractivity contribution in [2.75, 3.05) is 46.8 Å². The van der Waals surface area contributed by atoms with E-state index in [4.69, 9.17) is 61.6 Å². The smallest absolute Gasteiger partial charge is 0.251 e. The lowest BCUT2D eigenvalue weighted by molar-refractivity contribution is -0.368. The molecule has 6 heterocycles. The number of unbranched alkanes of at least 4 members (excludes halogenated alkanes) is 5. The molecule has 1 aromatic carbocycles. The Balaban J connectivity index is 1.07. The van der Waals surface area contributed by atoms with Crippen molar-refractivity contribution in [3.63, 3.8) is 0 Å². The molecule has 0 radical (unpaired) electrons. The van der Waals surface area contributed by atoms with E-state index in [2.05, 4.69) is 45.3 Å². The number of aliphatic hydroxyl groups is 13. The third-order valence-corrected chi connectivity index (χ3v) is 17.6. The Kier molecular flexibility index (Phi) is 31.5. The Morgan fingerprint density at radius 2 is 0.899 bits per heavy atom. The van der Waals surface area contributed by atoms with Gasteiger partial charge in [-0.1, -0.05) is 32.3 Å². The van der Waals surface area contributed by atoms with Gasteiger partial charge in [0.05, 0.1) is 45.7 Å². The number of benzene rings is 1. The summed E-state index contributed by atoms with van der Waals surface area (Å²) >= 11 is 0. The third kappa shape index (κ3) is 20.9. The van der Waals surface area contributed by atoms with Crippen molar-refractivity contribution in [1.29, 1.82) is 0 Å². The van der Waals surface area contributed by atoms with Crippen molar-refractivity contribution in [1.82, 2.24) is 26.6 Å². The van der Waals surface area contributed by atoms with Gasteiger partial charge in [-0.15, -0.1) is 11.8 Å². The summed E-state index contributed by atoms with van der Waals surface area (Å²) in [5.74, 6) is 2.59. The highest BCUT2D eigenvalue weighted by atomic mass is 16.8. The van der Waals surface area contributed by atoms with Crippen LogP contribution in [0.3, 0.4) is 0 Å². The van der Waals surface area contributed by atoms with Gasteiger partial charge >= 0.3 is 0 Å². The minimum absolute atomic E-state index is 0.0342. The first-order valence-electron chi connectivity index (χ1n) is 33.0. The van der Waals surface area contributed by atoms with Gasteiger partial charge in [0.2, 0.25) is 23.6 Å². The average molecular weight is 1420 g/mol. The molecule has 6 saturated heterocycles. The van der Waals surface area contributed by atoms with E-state index in [1.54, 1.807) is 12.1 Å². The van der Waals surface area contributed by atoms with Crippen molar-refractivity contribution in [3.8, 4) is 17.6 Å². The standard InChI is InChI=1S/C63H99N5O31/c1-8-9-10-11-12-13-14-15-16-20-88-33-19-17-18-32(21-33)57(85)68-40-46(79)45(78)34(22-69)92-59(40)96-52-35(23-70)93-60(41(48(52)81)65-29(4)74)97-53-36(24-71)94-61(42(49(53)82)66-30(5)75)98-54-37(25-72)95-62(43(50(54)83)67-31(6)76)99-55-38(91-58(86)39(47(55)80)64-28(3)73)26-89-63-56(87-7)51(84)44(77)27(2)90-63/h17-19,21,27,34-56,58-63,69-72,77-84,86H,8-12,15-16,20,22-26H2,1-7H3,(H,64,73)(H,65,74)(H,66,75)(H,67,76)(H,68,85)/t27?,34?,35?,36?,37?,38?,39-,40-,41?,42-,43?,44?,45+,46+,47+,48?,49+,50?,51-,52+,53?,54+,55?,56+,58+,59?,60-,61-,62?,63+/m0/s1. The van der Waals surface area contributed by atoms with Gasteiger partial charge < -0.3 is 155 Å². The number of hydrogen-bond acceptors (Lipinski definition) is 31. The van der Waals surface area contributed by atoms with Crippen LogP contribution in [0.5, 0.6) is 5.75 Å². The molecule has 0 bridgehead atoms. The molecule has 5 amide bonds. The number of hydrogen-bond donors (Lipinski definition) is 18. The molecule has 562 valence electrons. The first kappa shape index (κ1) is 81.2. The molecule has 30 atom stereocenters. The number of nitrogens with one attached hydrogen (secondary N) is 5. The zero-order chi connectivity index (χ0) is 72.5. The fourth-order valence-electron chi connectivity index (χ4n) is 12.5. The molecule has 0 aromatic heterocycles. The average Bonchev–Trinajstić information content (AvgIpc) is 0.791. The molecular formula is C63H99N5O31. The quantitative estimate of drug-likeness (QED) is 0.0251. The van der Waals surface area contributed by atoms with Crippen LogP contribution in [0.15, 0.2) is 24.3 Å². The maximum absolute atomic E-state index is 13.9. The lowest BCUT2D eigenvalue weighted by Crippen LogP contribution is -2.72. The molecule has 18 N–H and O–H groups in total. The lowest BCUT2D eigenvalue weighted by Gasteiger charge is -2.51. The van der Waals surface area contributed by atoms with Gasteiger partial charge in [-0.25, -0.2) is 0 Å². The minimum Gasteiger partial charge on any atom is -0.494 e. The Bertz CT molecular complexity index is 2790. The summed E-state index contributed by atoms with van der Waals surface area (Å²) in [6.07, 6.45) is -37.0. The van der Waals surface area contributed by atoms with E-state index in [0.717, 1.165) is 59.8 Å². The molecule has 0 saturated carbocycles. The number of methoxy groups -OCH3 is 1. The molecule has 6 fully saturated rings. The highest BCUT2D eigenvalue weighted by molar-refractivity contribution is 5.94. The summed E-state index contributed by atoms with van der Waals surface area (Å²) in [5.41, 5.74) is 0.0342. The molecular weight excluding hydrogens is 1320 g/mol. The third-order valence-electron chi connectivity index (χ3n) is 17.6. The van der Waals surface area contributed by atoms with Crippen LogP contribution in [-0.4, -0.2) is 327 Å². The highest BCUT2D eigenvalue weighted by Gasteiger charge is 2.58. The van der Waals surface area contributed by atoms with Crippen LogP contribution >= 0.6 is 0 Å². The number of rotatable bonds is 30. The predicted molar refractivity (Wildman–Crippen MR) is 332 cm³/mol. The number of amides is 5. The monoisotopic (exact) mass is 1420 g/mol. The summed E-state index contributed by atoms with van der Waals surface area (Å²) in [4.78, 5) is 65.1. The van der Waals surface area contributed by atoms with Crippen molar-refractivity contribution < 1.29 is 152 Å². The van der Waals surface area contributed by atoms with E-state index < -0.39 is 246 Å². The Morgan fingerprint density at radius 1 is 0.465 bits per heavy atom. The molecule has 6 aliphatic rings. The Morgan fingerprint density at radius 3 is 1.35 bits per heavy atom. The zero-order valence-electron chi connectivity index (χ0n) is 56.0. The molecule has 0 aliphatic carbocycles. The summed E-state index contributed by atoms with van der Waals surface area (Å²) in [6, 6.07) is -2.53. The minimum atomic E-state index is -2.07. The largest absolute Gasteiger partial charge is 0.494 e. The maximum atomic E-state index is 13.9. The van der Waals surface area contributed by atoms with Gasteiger partial charge in [-0.2, -0.15) is 0 Å². The predicted octanol–water partition coefficient (Wildman–Crippen LogP) is -7.27. The first-order chi connectivity index (χ1) is 47.2. The molecule has 7 rings (SSSR count). The van der Waals surface area contributed by atoms with Crippen LogP contribution in [0.25, 0.3) is 0 Å². The van der Waals surface area contributed by atoms with E-state index in [9.17, 15) is 90.4 Å². The molecule has 36 nitrogen and oxygen atoms in total. The van der Waals surface area contributed by atoms with Crippen LogP contribution < -0.4 is 31.3 Å². The topological polar surface area (TPSA) is 528 Å². The Labute approximate surface area is 571 Å². The van der Waals surface area contributed by atoms with Crippen molar-refractivity contribution in [3.05, 3.63) is 29.8 Å². The van der Waals surface area contributed by atoms with E-state index >= 15 is 0 Å². The fraction of sp³-hybridized carbons (Fsp3) is 0.794. The molecule has 15 unspecified atom stereocenters. The molecule has 6 aliphatic heterocycles. The van der Waals surface area contributed by atoms with Crippen LogP contribution in [-0.2, 0) is 76.0 Å². The second-order valence-corrected chi connectivity index (χ2v) is 25.1. The van der Waals surface area contributed by atoms with Crippen LogP contribution in [0.1, 0.15) is 96.8 Å². The van der Waals surface area contributed by atoms with Gasteiger partial charge in [-0.05, 0) is 38.0 Å². The summed E-state index contributed by atoms with van der Waals surface area (Å²) in [6.45, 7) is 3.43. The van der Waals surface area contributed by atoms with Gasteiger partial charge in [0.25, 0.3) is 5.91 Å². The van der Waals surface area contributed by atoms with Gasteiger partial charge in [-0.3, -0.25) is 24.0 Å². The molecule has 1 aromatic rings. The summed E-state index contributed by atoms with van der Waals surface area (Å²) < 4.78 is 77.9. The van der Waals surface area contributed by atoms with Gasteiger partial charge in [0, 0.05) is 53.2 Å². The van der Waals surface area contributed by atoms with Gasteiger partial charge in [0.1, 0.15) is 146 Å². The fourth-order valence-corrected chi connectivity index (χ4v) is 12.5. The second-order valence-electron chi connectivity index (χ2n) is 25.1. The number of ether oxygens (including phenoxy) is 13. The maximum Gasteiger partial charge on any atom is 0.251 e.